The summed E-state index contributed by atoms with van der Waals surface area (Å²) in [5.41, 5.74) is 2.04. The zero-order valence-corrected chi connectivity index (χ0v) is 15.0. The number of nitrogens with one attached hydrogen (secondary N) is 1. The average Bonchev–Trinajstić information content (AvgIpc) is 2.93. The Balaban J connectivity index is 1.71. The summed E-state index contributed by atoms with van der Waals surface area (Å²) in [6.45, 7) is 3.78. The van der Waals surface area contributed by atoms with Gasteiger partial charge in [-0.05, 0) is 42.9 Å². The van der Waals surface area contributed by atoms with Crippen LogP contribution in [0.15, 0.2) is 30.6 Å². The van der Waals surface area contributed by atoms with Crippen LogP contribution in [-0.2, 0) is 17.6 Å². The lowest BCUT2D eigenvalue weighted by Gasteiger charge is -2.18. The summed E-state index contributed by atoms with van der Waals surface area (Å²) in [5.74, 6) is 1.85. The van der Waals surface area contributed by atoms with Crippen LogP contribution >= 0.6 is 11.3 Å². The highest BCUT2D eigenvalue weighted by Crippen LogP contribution is 2.41. The van der Waals surface area contributed by atoms with Gasteiger partial charge in [0.05, 0.1) is 5.39 Å². The zero-order chi connectivity index (χ0) is 17.4. The Morgan fingerprint density at radius 2 is 2.24 bits per heavy atom. The van der Waals surface area contributed by atoms with Crippen molar-refractivity contribution in [1.82, 2.24) is 9.97 Å². The molecule has 1 amide bonds. The Bertz CT molecular complexity index is 951. The van der Waals surface area contributed by atoms with Crippen LogP contribution in [0.3, 0.4) is 0 Å². The fraction of sp³-hybridized carbons (Fsp3) is 0.316. The molecule has 0 spiro atoms. The van der Waals surface area contributed by atoms with E-state index in [2.05, 4.69) is 22.2 Å². The van der Waals surface area contributed by atoms with Gasteiger partial charge in [0.2, 0.25) is 11.8 Å². The maximum absolute atomic E-state index is 11.2. The van der Waals surface area contributed by atoms with Crippen LogP contribution in [0.2, 0.25) is 0 Å². The third-order valence-corrected chi connectivity index (χ3v) is 5.59. The van der Waals surface area contributed by atoms with Crippen molar-refractivity contribution in [2.45, 2.75) is 33.1 Å². The molecule has 0 aliphatic heterocycles. The van der Waals surface area contributed by atoms with E-state index < -0.39 is 0 Å². The number of fused-ring (bicyclic) bond motifs is 3. The van der Waals surface area contributed by atoms with E-state index in [4.69, 9.17) is 4.74 Å². The van der Waals surface area contributed by atoms with Crippen molar-refractivity contribution in [3.8, 4) is 11.6 Å². The van der Waals surface area contributed by atoms with Gasteiger partial charge in [0, 0.05) is 23.6 Å². The minimum atomic E-state index is -0.109. The molecule has 0 radical (unpaired) electrons. The fourth-order valence-electron chi connectivity index (χ4n) is 3.28. The molecule has 2 aromatic heterocycles. The summed E-state index contributed by atoms with van der Waals surface area (Å²) in [5, 5.41) is 3.81. The van der Waals surface area contributed by atoms with Crippen molar-refractivity contribution in [2.75, 3.05) is 5.32 Å². The van der Waals surface area contributed by atoms with Crippen LogP contribution in [0.5, 0.6) is 11.6 Å². The Labute approximate surface area is 150 Å². The lowest BCUT2D eigenvalue weighted by molar-refractivity contribution is -0.114. The van der Waals surface area contributed by atoms with Crippen molar-refractivity contribution < 1.29 is 9.53 Å². The van der Waals surface area contributed by atoms with Crippen molar-refractivity contribution in [3.05, 3.63) is 41.0 Å². The lowest BCUT2D eigenvalue weighted by Crippen LogP contribution is -2.08. The van der Waals surface area contributed by atoms with E-state index in [9.17, 15) is 4.79 Å². The maximum Gasteiger partial charge on any atom is 0.231 e. The monoisotopic (exact) mass is 353 g/mol. The number of benzene rings is 1. The highest BCUT2D eigenvalue weighted by Gasteiger charge is 2.23. The maximum atomic E-state index is 11.2. The highest BCUT2D eigenvalue weighted by atomic mass is 32.1. The molecule has 1 aliphatic carbocycles. The molecule has 2 heterocycles. The van der Waals surface area contributed by atoms with Crippen molar-refractivity contribution in [2.24, 2.45) is 5.92 Å². The van der Waals surface area contributed by atoms with Gasteiger partial charge in [-0.25, -0.2) is 9.97 Å². The summed E-state index contributed by atoms with van der Waals surface area (Å²) in [4.78, 5) is 22.5. The molecule has 0 fully saturated rings. The topological polar surface area (TPSA) is 64.1 Å². The molecule has 3 aromatic rings. The Morgan fingerprint density at radius 3 is 3.08 bits per heavy atom. The van der Waals surface area contributed by atoms with E-state index in [0.29, 0.717) is 23.2 Å². The number of thiophene rings is 1. The van der Waals surface area contributed by atoms with Gasteiger partial charge in [0.1, 0.15) is 16.9 Å². The lowest BCUT2D eigenvalue weighted by atomic mass is 9.89. The number of aryl methyl sites for hydroxylation is 1. The van der Waals surface area contributed by atoms with Crippen LogP contribution in [0.1, 0.15) is 30.7 Å². The molecule has 6 heteroatoms. The van der Waals surface area contributed by atoms with Crippen molar-refractivity contribution >= 4 is 33.1 Å². The number of amides is 1. The van der Waals surface area contributed by atoms with E-state index >= 15 is 0 Å². The third kappa shape index (κ3) is 3.22. The number of carbonyl (C=O) groups excluding carboxylic acids is 1. The molecule has 1 aromatic carbocycles. The molecule has 0 saturated carbocycles. The number of rotatable bonds is 3. The van der Waals surface area contributed by atoms with Crippen LogP contribution in [0, 0.1) is 5.92 Å². The number of aromatic nitrogens is 2. The summed E-state index contributed by atoms with van der Waals surface area (Å²) < 4.78 is 6.07. The van der Waals surface area contributed by atoms with Gasteiger partial charge in [-0.2, -0.15) is 0 Å². The Morgan fingerprint density at radius 1 is 1.36 bits per heavy atom. The zero-order valence-electron chi connectivity index (χ0n) is 14.2. The first-order valence-corrected chi connectivity index (χ1v) is 9.22. The van der Waals surface area contributed by atoms with Crippen molar-refractivity contribution in [3.63, 3.8) is 0 Å². The van der Waals surface area contributed by atoms with Gasteiger partial charge in [0.15, 0.2) is 0 Å². The normalized spacial score (nSPS) is 16.5. The molecule has 5 nitrogen and oxygen atoms in total. The second kappa shape index (κ2) is 6.44. The first-order chi connectivity index (χ1) is 12.1. The first-order valence-electron chi connectivity index (χ1n) is 8.41. The van der Waals surface area contributed by atoms with Gasteiger partial charge >= 0.3 is 0 Å². The minimum absolute atomic E-state index is 0.109. The van der Waals surface area contributed by atoms with Crippen LogP contribution in [0.25, 0.3) is 10.2 Å². The van der Waals surface area contributed by atoms with E-state index in [0.717, 1.165) is 23.1 Å². The van der Waals surface area contributed by atoms with Crippen LogP contribution in [0.4, 0.5) is 5.69 Å². The quantitative estimate of drug-likeness (QED) is 0.749. The minimum Gasteiger partial charge on any atom is -0.438 e. The van der Waals surface area contributed by atoms with E-state index in [1.165, 1.54) is 23.8 Å². The van der Waals surface area contributed by atoms with E-state index in [-0.39, 0.29) is 5.91 Å². The summed E-state index contributed by atoms with van der Waals surface area (Å²) in [6, 6.07) is 7.35. The molecule has 0 bridgehead atoms. The predicted octanol–water partition coefficient (Wildman–Crippen LogP) is 4.57. The second-order valence-electron chi connectivity index (χ2n) is 6.52. The number of carbonyl (C=O) groups is 1. The summed E-state index contributed by atoms with van der Waals surface area (Å²) in [6.07, 6.45) is 4.89. The summed E-state index contributed by atoms with van der Waals surface area (Å²) in [7, 11) is 0. The number of hydrogen-bond acceptors (Lipinski definition) is 5. The van der Waals surface area contributed by atoms with Gasteiger partial charge < -0.3 is 10.1 Å². The largest absolute Gasteiger partial charge is 0.438 e. The number of nitrogens with zero attached hydrogens (tertiary/aromatic N) is 2. The fourth-order valence-corrected chi connectivity index (χ4v) is 4.62. The first kappa shape index (κ1) is 16.0. The van der Waals surface area contributed by atoms with Gasteiger partial charge in [0.25, 0.3) is 0 Å². The predicted molar refractivity (Wildman–Crippen MR) is 99.4 cm³/mol. The molecule has 4 rings (SSSR count). The molecule has 1 N–H and O–H groups in total. The molecule has 1 unspecified atom stereocenters. The number of hydrogen-bond donors (Lipinski definition) is 1. The van der Waals surface area contributed by atoms with E-state index in [1.807, 2.05) is 18.2 Å². The molecule has 1 atom stereocenters. The molecule has 0 saturated heterocycles. The third-order valence-electron chi connectivity index (χ3n) is 4.43. The standard InChI is InChI=1S/C19H19N3O2S/c1-11-6-7-15-16(8-11)25-19-17(15)18(20-10-21-19)24-14-5-3-4-13(9-14)22-12(2)23/h3-5,9-11H,6-8H2,1-2H3,(H,22,23). The van der Waals surface area contributed by atoms with E-state index in [1.54, 1.807) is 23.7 Å². The molecule has 128 valence electrons. The highest BCUT2D eigenvalue weighted by molar-refractivity contribution is 7.18. The van der Waals surface area contributed by atoms with Crippen LogP contribution < -0.4 is 10.1 Å². The number of anilines is 1. The smallest absolute Gasteiger partial charge is 0.231 e. The molecule has 1 aliphatic rings. The molecule has 25 heavy (non-hydrogen) atoms. The van der Waals surface area contributed by atoms with Gasteiger partial charge in [-0.1, -0.05) is 13.0 Å². The molecular formula is C19H19N3O2S. The Hall–Kier alpha value is -2.47. The van der Waals surface area contributed by atoms with Gasteiger partial charge in [-0.3, -0.25) is 4.79 Å². The second-order valence-corrected chi connectivity index (χ2v) is 7.61. The van der Waals surface area contributed by atoms with Gasteiger partial charge in [-0.15, -0.1) is 11.3 Å². The average molecular weight is 353 g/mol. The van der Waals surface area contributed by atoms with Crippen LogP contribution in [-0.4, -0.2) is 15.9 Å². The SMILES string of the molecule is CC(=O)Nc1cccc(Oc2ncnc3sc4c(c23)CCC(C)C4)c1. The van der Waals surface area contributed by atoms with Crippen molar-refractivity contribution in [1.29, 1.82) is 0 Å². The number of ether oxygens (including phenoxy) is 1. The summed E-state index contributed by atoms with van der Waals surface area (Å²) >= 11 is 1.75. The molecular weight excluding hydrogens is 334 g/mol. The Kier molecular flexibility index (Phi) is 4.13.